The maximum Gasteiger partial charge on any atom is 0.275 e. The van der Waals surface area contributed by atoms with Crippen LogP contribution in [0.2, 0.25) is 5.02 Å². The van der Waals surface area contributed by atoms with Gasteiger partial charge in [-0.15, -0.1) is 0 Å². The van der Waals surface area contributed by atoms with E-state index in [0.29, 0.717) is 21.9 Å². The van der Waals surface area contributed by atoms with E-state index in [2.05, 4.69) is 10.5 Å². The summed E-state index contributed by atoms with van der Waals surface area (Å²) in [5.74, 6) is -0.869. The molecule has 0 unspecified atom stereocenters. The highest BCUT2D eigenvalue weighted by Gasteiger charge is 2.14. The van der Waals surface area contributed by atoms with Gasteiger partial charge in [0.1, 0.15) is 5.75 Å². The summed E-state index contributed by atoms with van der Waals surface area (Å²) in [7, 11) is 0. The lowest BCUT2D eigenvalue weighted by atomic mass is 10.1. The maximum atomic E-state index is 12.0. The molecule has 0 saturated carbocycles. The van der Waals surface area contributed by atoms with Crippen molar-refractivity contribution in [3.63, 3.8) is 0 Å². The Balaban J connectivity index is 2.23. The van der Waals surface area contributed by atoms with Crippen molar-refractivity contribution in [3.05, 3.63) is 68.2 Å². The lowest BCUT2D eigenvalue weighted by molar-refractivity contribution is -0.385. The average molecular weight is 348 g/mol. The highest BCUT2D eigenvalue weighted by atomic mass is 35.5. The van der Waals surface area contributed by atoms with Crippen LogP contribution < -0.4 is 5.43 Å². The number of aryl methyl sites for hydroxylation is 1. The fraction of sp³-hybridized carbons (Fsp3) is 0.125. The van der Waals surface area contributed by atoms with Gasteiger partial charge in [-0.05, 0) is 32.0 Å². The van der Waals surface area contributed by atoms with Crippen LogP contribution in [-0.4, -0.2) is 21.6 Å². The molecule has 0 atom stereocenters. The van der Waals surface area contributed by atoms with Crippen molar-refractivity contribution >= 4 is 28.9 Å². The molecule has 0 fully saturated rings. The normalized spacial score (nSPS) is 11.2. The van der Waals surface area contributed by atoms with E-state index < -0.39 is 10.8 Å². The number of amides is 1. The molecule has 0 spiro atoms. The second-order valence-electron chi connectivity index (χ2n) is 5.06. The summed E-state index contributed by atoms with van der Waals surface area (Å²) in [6, 6.07) is 8.73. The van der Waals surface area contributed by atoms with Crippen LogP contribution in [0, 0.1) is 17.0 Å². The third-order valence-corrected chi connectivity index (χ3v) is 3.59. The Kier molecular flexibility index (Phi) is 5.15. The molecule has 124 valence electrons. The van der Waals surface area contributed by atoms with Crippen molar-refractivity contribution in [3.8, 4) is 5.75 Å². The summed E-state index contributed by atoms with van der Waals surface area (Å²) < 4.78 is 0. The number of carbonyl (C=O) groups is 1. The summed E-state index contributed by atoms with van der Waals surface area (Å²) >= 11 is 5.79. The van der Waals surface area contributed by atoms with Gasteiger partial charge >= 0.3 is 0 Å². The number of hydrazone groups is 1. The molecule has 0 aromatic heterocycles. The van der Waals surface area contributed by atoms with E-state index >= 15 is 0 Å². The second kappa shape index (κ2) is 7.10. The number of nitrogens with zero attached hydrogens (tertiary/aromatic N) is 2. The van der Waals surface area contributed by atoms with Gasteiger partial charge in [-0.3, -0.25) is 14.9 Å². The van der Waals surface area contributed by atoms with Crippen molar-refractivity contribution in [1.82, 2.24) is 5.43 Å². The van der Waals surface area contributed by atoms with Crippen molar-refractivity contribution in [2.24, 2.45) is 5.10 Å². The Morgan fingerprint density at radius 2 is 2.00 bits per heavy atom. The van der Waals surface area contributed by atoms with Crippen LogP contribution in [0.4, 0.5) is 5.69 Å². The van der Waals surface area contributed by atoms with Crippen LogP contribution in [0.15, 0.2) is 41.5 Å². The molecule has 0 aliphatic heterocycles. The van der Waals surface area contributed by atoms with Crippen molar-refractivity contribution in [1.29, 1.82) is 0 Å². The molecule has 7 nitrogen and oxygen atoms in total. The highest BCUT2D eigenvalue weighted by molar-refractivity contribution is 6.31. The number of rotatable bonds is 4. The van der Waals surface area contributed by atoms with E-state index in [4.69, 9.17) is 11.6 Å². The first-order valence-corrected chi connectivity index (χ1v) is 7.26. The smallest absolute Gasteiger partial charge is 0.275 e. The van der Waals surface area contributed by atoms with E-state index in [1.807, 2.05) is 0 Å². The van der Waals surface area contributed by atoms with Gasteiger partial charge in [0, 0.05) is 22.2 Å². The molecule has 0 aliphatic rings. The van der Waals surface area contributed by atoms with Crippen LogP contribution >= 0.6 is 11.6 Å². The number of carbonyl (C=O) groups excluding carboxylic acids is 1. The zero-order valence-corrected chi connectivity index (χ0v) is 13.7. The number of hydrogen-bond acceptors (Lipinski definition) is 5. The topological polar surface area (TPSA) is 105 Å². The third kappa shape index (κ3) is 3.88. The summed E-state index contributed by atoms with van der Waals surface area (Å²) in [5, 5.41) is 24.9. The predicted octanol–water partition coefficient (Wildman–Crippen LogP) is 3.42. The zero-order valence-electron chi connectivity index (χ0n) is 12.9. The van der Waals surface area contributed by atoms with Gasteiger partial charge in [0.05, 0.1) is 16.2 Å². The Morgan fingerprint density at radius 1 is 1.29 bits per heavy atom. The van der Waals surface area contributed by atoms with Gasteiger partial charge in [0.15, 0.2) is 0 Å². The van der Waals surface area contributed by atoms with E-state index in [9.17, 15) is 20.0 Å². The number of benzene rings is 2. The number of nitro benzene ring substituents is 1. The third-order valence-electron chi connectivity index (χ3n) is 3.35. The molecule has 0 aliphatic carbocycles. The first-order valence-electron chi connectivity index (χ1n) is 6.88. The summed E-state index contributed by atoms with van der Waals surface area (Å²) in [4.78, 5) is 22.5. The Hall–Kier alpha value is -2.93. The molecule has 8 heteroatoms. The molecular weight excluding hydrogens is 334 g/mol. The van der Waals surface area contributed by atoms with Crippen LogP contribution in [0.25, 0.3) is 0 Å². The number of nitrogens with one attached hydrogen (secondary N) is 1. The molecule has 2 aromatic rings. The Labute approximate surface area is 142 Å². The maximum absolute atomic E-state index is 12.0. The fourth-order valence-electron chi connectivity index (χ4n) is 1.98. The van der Waals surface area contributed by atoms with Gasteiger partial charge in [0.2, 0.25) is 0 Å². The molecule has 2 rings (SSSR count). The van der Waals surface area contributed by atoms with Gasteiger partial charge in [-0.25, -0.2) is 5.43 Å². The summed E-state index contributed by atoms with van der Waals surface area (Å²) in [6.07, 6.45) is 0. The summed E-state index contributed by atoms with van der Waals surface area (Å²) in [5.41, 5.74) is 3.66. The minimum Gasteiger partial charge on any atom is -0.507 e. The number of hydrogen-bond donors (Lipinski definition) is 2. The average Bonchev–Trinajstić information content (AvgIpc) is 2.54. The van der Waals surface area contributed by atoms with Crippen molar-refractivity contribution < 1.29 is 14.8 Å². The number of phenolic OH excluding ortho intramolecular Hbond substituents is 1. The van der Waals surface area contributed by atoms with Crippen molar-refractivity contribution in [2.75, 3.05) is 0 Å². The minimum absolute atomic E-state index is 0.0195. The standard InChI is InChI=1S/C16H14ClN3O4/c1-9-3-4-11(7-14(9)20(23)24)10(2)18-19-16(22)13-8-12(17)5-6-15(13)21/h3-8,21H,1-2H3,(H,19,22)/b18-10-. The molecule has 1 amide bonds. The van der Waals surface area contributed by atoms with E-state index in [0.717, 1.165) is 0 Å². The van der Waals surface area contributed by atoms with Crippen molar-refractivity contribution in [2.45, 2.75) is 13.8 Å². The number of phenols is 1. The number of aromatic hydroxyl groups is 1. The lowest BCUT2D eigenvalue weighted by Gasteiger charge is -2.06. The van der Waals surface area contributed by atoms with E-state index in [1.165, 1.54) is 24.3 Å². The fourth-order valence-corrected chi connectivity index (χ4v) is 2.15. The van der Waals surface area contributed by atoms with E-state index in [-0.39, 0.29) is 17.0 Å². The van der Waals surface area contributed by atoms with Crippen LogP contribution in [0.5, 0.6) is 5.75 Å². The predicted molar refractivity (Wildman–Crippen MR) is 90.6 cm³/mol. The van der Waals surface area contributed by atoms with Gasteiger partial charge in [-0.1, -0.05) is 23.7 Å². The summed E-state index contributed by atoms with van der Waals surface area (Å²) in [6.45, 7) is 3.24. The Bertz CT molecular complexity index is 849. The molecular formula is C16H14ClN3O4. The van der Waals surface area contributed by atoms with Crippen LogP contribution in [-0.2, 0) is 0 Å². The SMILES string of the molecule is C/C(=N/NC(=O)c1cc(Cl)ccc1O)c1ccc(C)c([N+](=O)[O-])c1. The monoisotopic (exact) mass is 347 g/mol. The first-order chi connectivity index (χ1) is 11.3. The Morgan fingerprint density at radius 3 is 2.67 bits per heavy atom. The lowest BCUT2D eigenvalue weighted by Crippen LogP contribution is -2.19. The molecule has 24 heavy (non-hydrogen) atoms. The quantitative estimate of drug-likeness (QED) is 0.502. The highest BCUT2D eigenvalue weighted by Crippen LogP contribution is 2.22. The molecule has 0 radical (unpaired) electrons. The molecule has 0 saturated heterocycles. The van der Waals surface area contributed by atoms with Gasteiger partial charge in [-0.2, -0.15) is 5.10 Å². The number of halogens is 1. The van der Waals surface area contributed by atoms with Crippen LogP contribution in [0.3, 0.4) is 0 Å². The number of nitro groups is 1. The van der Waals surface area contributed by atoms with Crippen LogP contribution in [0.1, 0.15) is 28.4 Å². The largest absolute Gasteiger partial charge is 0.507 e. The van der Waals surface area contributed by atoms with Gasteiger partial charge < -0.3 is 5.11 Å². The molecule has 2 N–H and O–H groups in total. The second-order valence-corrected chi connectivity index (χ2v) is 5.49. The zero-order chi connectivity index (χ0) is 17.9. The molecule has 0 heterocycles. The van der Waals surface area contributed by atoms with Gasteiger partial charge in [0.25, 0.3) is 11.6 Å². The minimum atomic E-state index is -0.643. The molecule has 0 bridgehead atoms. The first kappa shape index (κ1) is 17.4. The molecule has 2 aromatic carbocycles. The van der Waals surface area contributed by atoms with E-state index in [1.54, 1.807) is 26.0 Å².